The molecule has 9 heteroatoms. The number of aliphatic hydroxyl groups excluding tert-OH is 1. The van der Waals surface area contributed by atoms with Gasteiger partial charge < -0.3 is 20.6 Å². The predicted molar refractivity (Wildman–Crippen MR) is 113 cm³/mol. The molecule has 2 aromatic heterocycles. The smallest absolute Gasteiger partial charge is 0.264 e. The Labute approximate surface area is 166 Å². The Morgan fingerprint density at radius 3 is 2.96 bits per heavy atom. The number of anilines is 2. The van der Waals surface area contributed by atoms with Gasteiger partial charge in [-0.05, 0) is 31.5 Å². The number of hydrogen-bond acceptors (Lipinski definition) is 8. The number of aliphatic hydroxyl groups is 1. The van der Waals surface area contributed by atoms with Gasteiger partial charge in [0.05, 0.1) is 16.8 Å². The van der Waals surface area contributed by atoms with E-state index in [4.69, 9.17) is 0 Å². The molecule has 1 fully saturated rings. The molecular formula is C19H24N6O2S. The Balaban J connectivity index is 1.79. The lowest BCUT2D eigenvalue weighted by Crippen LogP contribution is -2.39. The molecule has 4 rings (SSSR count). The second-order valence-corrected chi connectivity index (χ2v) is 7.96. The van der Waals surface area contributed by atoms with E-state index in [-0.39, 0.29) is 18.2 Å². The molecule has 4 N–H and O–H groups in total. The maximum Gasteiger partial charge on any atom is 0.264 e. The summed E-state index contributed by atoms with van der Waals surface area (Å²) in [5, 5.41) is 16.7. The Morgan fingerprint density at radius 1 is 1.36 bits per heavy atom. The summed E-state index contributed by atoms with van der Waals surface area (Å²) >= 11 is 1.48. The number of thiazole rings is 1. The van der Waals surface area contributed by atoms with Crippen LogP contribution in [0.2, 0.25) is 0 Å². The molecule has 1 aliphatic heterocycles. The minimum absolute atomic E-state index is 0.0187. The molecule has 0 radical (unpaired) electrons. The molecule has 0 spiro atoms. The highest BCUT2D eigenvalue weighted by Gasteiger charge is 2.22. The van der Waals surface area contributed by atoms with Gasteiger partial charge in [-0.2, -0.15) is 4.98 Å². The van der Waals surface area contributed by atoms with Gasteiger partial charge in [-0.15, -0.1) is 11.3 Å². The number of aromatic amines is 1. The first-order valence-electron chi connectivity index (χ1n) is 9.45. The predicted octanol–water partition coefficient (Wildman–Crippen LogP) is 1.64. The lowest BCUT2D eigenvalue weighted by molar-refractivity contribution is 0.303. The zero-order valence-electron chi connectivity index (χ0n) is 15.7. The van der Waals surface area contributed by atoms with Crippen molar-refractivity contribution < 1.29 is 5.11 Å². The van der Waals surface area contributed by atoms with Crippen molar-refractivity contribution in [3.63, 3.8) is 0 Å². The number of benzene rings is 1. The molecule has 3 heterocycles. The summed E-state index contributed by atoms with van der Waals surface area (Å²) in [4.78, 5) is 26.9. The zero-order valence-corrected chi connectivity index (χ0v) is 16.6. The second-order valence-electron chi connectivity index (χ2n) is 6.93. The number of rotatable bonds is 6. The van der Waals surface area contributed by atoms with Crippen LogP contribution in [0.15, 0.2) is 29.1 Å². The normalized spacial score (nSPS) is 17.0. The van der Waals surface area contributed by atoms with Crippen LogP contribution in [0.25, 0.3) is 20.8 Å². The topological polar surface area (TPSA) is 106 Å². The largest absolute Gasteiger partial charge is 0.395 e. The molecule has 0 amide bonds. The fourth-order valence-electron chi connectivity index (χ4n) is 3.35. The van der Waals surface area contributed by atoms with Gasteiger partial charge in [-0.3, -0.25) is 9.78 Å². The molecule has 1 aliphatic rings. The summed E-state index contributed by atoms with van der Waals surface area (Å²) in [7, 11) is 1.79. The first-order valence-corrected chi connectivity index (χ1v) is 10.3. The highest BCUT2D eigenvalue weighted by Crippen LogP contribution is 2.32. The second kappa shape index (κ2) is 8.26. The van der Waals surface area contributed by atoms with Crippen molar-refractivity contribution in [2.45, 2.75) is 18.9 Å². The quantitative estimate of drug-likeness (QED) is 0.498. The fourth-order valence-corrected chi connectivity index (χ4v) is 4.36. The number of aromatic nitrogens is 3. The van der Waals surface area contributed by atoms with E-state index in [1.165, 1.54) is 11.3 Å². The van der Waals surface area contributed by atoms with Gasteiger partial charge in [0.1, 0.15) is 16.4 Å². The summed E-state index contributed by atoms with van der Waals surface area (Å²) in [5.74, 6) is 0.964. The van der Waals surface area contributed by atoms with Crippen LogP contribution in [-0.4, -0.2) is 59.4 Å². The summed E-state index contributed by atoms with van der Waals surface area (Å²) in [6, 6.07) is 8.05. The molecule has 8 nitrogen and oxygen atoms in total. The number of likely N-dealkylation sites (N-methyl/N-ethyl adjacent to an activating group) is 1. The molecular weight excluding hydrogens is 376 g/mol. The van der Waals surface area contributed by atoms with Gasteiger partial charge >= 0.3 is 0 Å². The molecule has 0 saturated carbocycles. The molecule has 1 aromatic carbocycles. The van der Waals surface area contributed by atoms with Crippen LogP contribution < -0.4 is 21.1 Å². The van der Waals surface area contributed by atoms with Gasteiger partial charge in [-0.25, -0.2) is 4.98 Å². The average Bonchev–Trinajstić information content (AvgIpc) is 3.12. The number of piperidine rings is 1. The van der Waals surface area contributed by atoms with Gasteiger partial charge in [-0.1, -0.05) is 12.1 Å². The van der Waals surface area contributed by atoms with Crippen molar-refractivity contribution in [1.82, 2.24) is 20.3 Å². The minimum Gasteiger partial charge on any atom is -0.395 e. The standard InChI is InChI=1S/C19H24N6O2S/c1-25(9-10-26)19-23-16(21-12-5-4-8-20-11-12)15(17(27)24-19)18-22-13-6-2-3-7-14(13)28-18/h2-3,6-7,12,20,26H,4-5,8-11H2,1H3,(H2,21,23,24,27). The average molecular weight is 401 g/mol. The Bertz CT molecular complexity index is 978. The third-order valence-corrected chi connectivity index (χ3v) is 5.90. The van der Waals surface area contributed by atoms with Crippen LogP contribution in [0.5, 0.6) is 0 Å². The van der Waals surface area contributed by atoms with E-state index in [1.807, 2.05) is 24.3 Å². The SMILES string of the molecule is CN(CCO)c1nc(NC2CCCNC2)c(-c2nc3ccccc3s2)c(=O)[nH]1. The summed E-state index contributed by atoms with van der Waals surface area (Å²) < 4.78 is 1.03. The van der Waals surface area contributed by atoms with Gasteiger partial charge in [0.2, 0.25) is 5.95 Å². The van der Waals surface area contributed by atoms with Gasteiger partial charge in [0.15, 0.2) is 0 Å². The van der Waals surface area contributed by atoms with E-state index in [2.05, 4.69) is 25.6 Å². The maximum absolute atomic E-state index is 13.0. The third-order valence-electron chi connectivity index (χ3n) is 4.85. The first-order chi connectivity index (χ1) is 13.7. The van der Waals surface area contributed by atoms with E-state index < -0.39 is 0 Å². The number of nitrogens with one attached hydrogen (secondary N) is 3. The number of para-hydroxylation sites is 1. The van der Waals surface area contributed by atoms with Crippen LogP contribution in [0.4, 0.5) is 11.8 Å². The molecule has 1 saturated heterocycles. The molecule has 3 aromatic rings. The summed E-state index contributed by atoms with van der Waals surface area (Å²) in [6.07, 6.45) is 2.09. The Morgan fingerprint density at radius 2 is 2.21 bits per heavy atom. The monoisotopic (exact) mass is 400 g/mol. The van der Waals surface area contributed by atoms with E-state index in [1.54, 1.807) is 11.9 Å². The van der Waals surface area contributed by atoms with Crippen molar-refractivity contribution in [1.29, 1.82) is 0 Å². The third kappa shape index (κ3) is 3.87. The van der Waals surface area contributed by atoms with Gasteiger partial charge in [0.25, 0.3) is 5.56 Å². The van der Waals surface area contributed by atoms with E-state index in [9.17, 15) is 9.90 Å². The number of hydrogen-bond donors (Lipinski definition) is 4. The number of nitrogens with zero attached hydrogens (tertiary/aromatic N) is 3. The van der Waals surface area contributed by atoms with Crippen LogP contribution in [0.3, 0.4) is 0 Å². The lowest BCUT2D eigenvalue weighted by atomic mass is 10.1. The van der Waals surface area contributed by atoms with Crippen molar-refractivity contribution in [3.05, 3.63) is 34.6 Å². The molecule has 0 aliphatic carbocycles. The van der Waals surface area contributed by atoms with Crippen molar-refractivity contribution in [2.75, 3.05) is 43.5 Å². The van der Waals surface area contributed by atoms with Gasteiger partial charge in [0, 0.05) is 26.2 Å². The maximum atomic E-state index is 13.0. The molecule has 28 heavy (non-hydrogen) atoms. The molecule has 0 bridgehead atoms. The van der Waals surface area contributed by atoms with Crippen LogP contribution in [-0.2, 0) is 0 Å². The van der Waals surface area contributed by atoms with E-state index in [0.717, 1.165) is 36.1 Å². The number of fused-ring (bicyclic) bond motifs is 1. The molecule has 148 valence electrons. The zero-order chi connectivity index (χ0) is 19.5. The van der Waals surface area contributed by atoms with Crippen LogP contribution in [0, 0.1) is 0 Å². The Hall–Kier alpha value is -2.49. The molecule has 1 atom stereocenters. The van der Waals surface area contributed by atoms with Crippen LogP contribution >= 0.6 is 11.3 Å². The fraction of sp³-hybridized carbons (Fsp3) is 0.421. The highest BCUT2D eigenvalue weighted by molar-refractivity contribution is 7.21. The van der Waals surface area contributed by atoms with Crippen molar-refractivity contribution >= 4 is 33.3 Å². The first kappa shape index (κ1) is 18.9. The lowest BCUT2D eigenvalue weighted by Gasteiger charge is -2.26. The van der Waals surface area contributed by atoms with Crippen molar-refractivity contribution in [2.24, 2.45) is 0 Å². The minimum atomic E-state index is -0.236. The molecule has 1 unspecified atom stereocenters. The number of H-pyrrole nitrogens is 1. The highest BCUT2D eigenvalue weighted by atomic mass is 32.1. The van der Waals surface area contributed by atoms with E-state index in [0.29, 0.717) is 28.9 Å². The van der Waals surface area contributed by atoms with Crippen LogP contribution in [0.1, 0.15) is 12.8 Å². The summed E-state index contributed by atoms with van der Waals surface area (Å²) in [6.45, 7) is 2.20. The summed E-state index contributed by atoms with van der Waals surface area (Å²) in [5.41, 5.74) is 1.10. The Kier molecular flexibility index (Phi) is 5.56. The van der Waals surface area contributed by atoms with E-state index >= 15 is 0 Å². The van der Waals surface area contributed by atoms with Crippen molar-refractivity contribution in [3.8, 4) is 10.6 Å².